The summed E-state index contributed by atoms with van der Waals surface area (Å²) in [7, 11) is 0. The highest BCUT2D eigenvalue weighted by molar-refractivity contribution is 4.69. The number of aliphatic hydroxyl groups is 2. The molecule has 0 aliphatic carbocycles. The first-order chi connectivity index (χ1) is 8.31. The van der Waals surface area contributed by atoms with Crippen LogP contribution in [0.3, 0.4) is 0 Å². The van der Waals surface area contributed by atoms with Crippen molar-refractivity contribution in [2.24, 2.45) is 0 Å². The summed E-state index contributed by atoms with van der Waals surface area (Å²) >= 11 is 0. The van der Waals surface area contributed by atoms with Gasteiger partial charge in [-0.3, -0.25) is 0 Å². The number of unbranched alkanes of at least 4 members (excludes halogenated alkanes) is 10. The van der Waals surface area contributed by atoms with Crippen LogP contribution in [-0.2, 0) is 0 Å². The minimum Gasteiger partial charge on any atom is -0.394 e. The highest BCUT2D eigenvalue weighted by atomic mass is 16.3. The fourth-order valence-corrected chi connectivity index (χ4v) is 1.98. The molecule has 0 saturated carbocycles. The van der Waals surface area contributed by atoms with Gasteiger partial charge < -0.3 is 10.2 Å². The van der Waals surface area contributed by atoms with Crippen molar-refractivity contribution in [2.45, 2.75) is 83.7 Å². The molecule has 0 aliphatic rings. The third kappa shape index (κ3) is 13.9. The Kier molecular flexibility index (Phi) is 13.9. The Balaban J connectivity index is 2.94. The van der Waals surface area contributed by atoms with Crippen LogP contribution >= 0.6 is 0 Å². The van der Waals surface area contributed by atoms with Crippen molar-refractivity contribution in [3.63, 3.8) is 0 Å². The second-order valence-corrected chi connectivity index (χ2v) is 4.98. The minimum absolute atomic E-state index is 0.117. The second kappa shape index (κ2) is 14.0. The van der Waals surface area contributed by atoms with Crippen molar-refractivity contribution in [2.75, 3.05) is 6.61 Å². The van der Waals surface area contributed by atoms with E-state index in [1.54, 1.807) is 0 Å². The first kappa shape index (κ1) is 16.9. The van der Waals surface area contributed by atoms with E-state index in [1.165, 1.54) is 57.8 Å². The van der Waals surface area contributed by atoms with E-state index < -0.39 is 6.10 Å². The summed E-state index contributed by atoms with van der Waals surface area (Å²) in [6.07, 6.45) is 15.4. The Morgan fingerprint density at radius 1 is 0.882 bits per heavy atom. The summed E-state index contributed by atoms with van der Waals surface area (Å²) in [6, 6.07) is 0. The molecule has 0 bridgehead atoms. The molecule has 0 rings (SSSR count). The van der Waals surface area contributed by atoms with E-state index in [0.717, 1.165) is 6.42 Å². The second-order valence-electron chi connectivity index (χ2n) is 4.98. The number of rotatable bonds is 13. The Bertz CT molecular complexity index is 137. The monoisotopic (exact) mass is 243 g/mol. The lowest BCUT2D eigenvalue weighted by molar-refractivity contribution is 0.0940. The average Bonchev–Trinajstić information content (AvgIpc) is 2.35. The van der Waals surface area contributed by atoms with Crippen LogP contribution in [0.15, 0.2) is 0 Å². The zero-order chi connectivity index (χ0) is 12.8. The van der Waals surface area contributed by atoms with E-state index in [2.05, 4.69) is 13.3 Å². The van der Waals surface area contributed by atoms with Crippen LogP contribution in [0.5, 0.6) is 0 Å². The highest BCUT2D eigenvalue weighted by Gasteiger charge is 2.00. The molecule has 103 valence electrons. The molecule has 0 aliphatic heterocycles. The largest absolute Gasteiger partial charge is 0.394 e. The van der Waals surface area contributed by atoms with E-state index in [9.17, 15) is 0 Å². The van der Waals surface area contributed by atoms with Gasteiger partial charge in [0.15, 0.2) is 0 Å². The van der Waals surface area contributed by atoms with Crippen LogP contribution in [0.4, 0.5) is 0 Å². The van der Waals surface area contributed by atoms with Crippen molar-refractivity contribution in [3.05, 3.63) is 6.42 Å². The van der Waals surface area contributed by atoms with Gasteiger partial charge in [0, 0.05) is 0 Å². The van der Waals surface area contributed by atoms with E-state index in [-0.39, 0.29) is 6.61 Å². The summed E-state index contributed by atoms with van der Waals surface area (Å²) < 4.78 is 0. The van der Waals surface area contributed by atoms with Crippen LogP contribution in [-0.4, -0.2) is 22.9 Å². The Hall–Kier alpha value is -0.0800. The van der Waals surface area contributed by atoms with Gasteiger partial charge in [-0.2, -0.15) is 0 Å². The maximum Gasteiger partial charge on any atom is 0.0773 e. The van der Waals surface area contributed by atoms with Gasteiger partial charge in [0.2, 0.25) is 0 Å². The molecule has 1 radical (unpaired) electrons. The van der Waals surface area contributed by atoms with Crippen molar-refractivity contribution >= 4 is 0 Å². The molecule has 0 aromatic rings. The molecule has 17 heavy (non-hydrogen) atoms. The molecule has 2 nitrogen and oxygen atoms in total. The van der Waals surface area contributed by atoms with Gasteiger partial charge >= 0.3 is 0 Å². The highest BCUT2D eigenvalue weighted by Crippen LogP contribution is 2.11. The van der Waals surface area contributed by atoms with E-state index >= 15 is 0 Å². The van der Waals surface area contributed by atoms with Gasteiger partial charge in [0.25, 0.3) is 0 Å². The fraction of sp³-hybridized carbons (Fsp3) is 0.933. The average molecular weight is 243 g/mol. The van der Waals surface area contributed by atoms with Crippen molar-refractivity contribution in [1.29, 1.82) is 0 Å². The van der Waals surface area contributed by atoms with Crippen LogP contribution in [0.25, 0.3) is 0 Å². The summed E-state index contributed by atoms with van der Waals surface area (Å²) in [5.74, 6) is 0. The molecule has 0 amide bonds. The van der Waals surface area contributed by atoms with Gasteiger partial charge in [0.05, 0.1) is 12.7 Å². The normalized spacial score (nSPS) is 12.9. The van der Waals surface area contributed by atoms with E-state index in [0.29, 0.717) is 6.42 Å². The van der Waals surface area contributed by atoms with Crippen molar-refractivity contribution < 1.29 is 10.2 Å². The summed E-state index contributed by atoms with van der Waals surface area (Å²) in [5, 5.41) is 17.7. The van der Waals surface area contributed by atoms with Gasteiger partial charge in [-0.25, -0.2) is 0 Å². The topological polar surface area (TPSA) is 40.5 Å². The number of hydrogen-bond donors (Lipinski definition) is 2. The molecule has 2 heteroatoms. The lowest BCUT2D eigenvalue weighted by Gasteiger charge is -2.06. The smallest absolute Gasteiger partial charge is 0.0773 e. The van der Waals surface area contributed by atoms with E-state index in [1.807, 2.05) is 0 Å². The van der Waals surface area contributed by atoms with Gasteiger partial charge in [-0.1, -0.05) is 71.1 Å². The molecule has 2 N–H and O–H groups in total. The standard InChI is InChI=1S/C15H31O2/c1-2-3-4-5-6-7-8-9-10-11-12-13-15(17)14-16/h12,15-17H,2-11,13-14H2,1H3. The third-order valence-corrected chi connectivity index (χ3v) is 3.16. The van der Waals surface area contributed by atoms with Crippen LogP contribution in [0.2, 0.25) is 0 Å². The zero-order valence-electron chi connectivity index (χ0n) is 11.5. The maximum atomic E-state index is 9.12. The first-order valence-electron chi connectivity index (χ1n) is 7.41. The molecule has 0 saturated heterocycles. The van der Waals surface area contributed by atoms with Crippen LogP contribution in [0, 0.1) is 6.42 Å². The SMILES string of the molecule is CCCCCCCCCCC[CH]CC(O)CO. The van der Waals surface area contributed by atoms with E-state index in [4.69, 9.17) is 10.2 Å². The lowest BCUT2D eigenvalue weighted by atomic mass is 10.0. The van der Waals surface area contributed by atoms with Gasteiger partial charge in [-0.05, 0) is 12.8 Å². The molecule has 0 aromatic carbocycles. The predicted molar refractivity (Wildman–Crippen MR) is 73.9 cm³/mol. The zero-order valence-corrected chi connectivity index (χ0v) is 11.5. The summed E-state index contributed by atoms with van der Waals surface area (Å²) in [4.78, 5) is 0. The molecule has 0 aromatic heterocycles. The number of aliphatic hydroxyl groups excluding tert-OH is 2. The van der Waals surface area contributed by atoms with Crippen molar-refractivity contribution in [1.82, 2.24) is 0 Å². The summed E-state index contributed by atoms with van der Waals surface area (Å²) in [6.45, 7) is 2.14. The Labute approximate surface area is 107 Å². The first-order valence-corrected chi connectivity index (χ1v) is 7.41. The lowest BCUT2D eigenvalue weighted by Crippen LogP contribution is -2.11. The molecule has 0 fully saturated rings. The minimum atomic E-state index is -0.548. The molecular weight excluding hydrogens is 212 g/mol. The van der Waals surface area contributed by atoms with Gasteiger partial charge in [-0.15, -0.1) is 0 Å². The fourth-order valence-electron chi connectivity index (χ4n) is 1.98. The molecule has 0 heterocycles. The molecular formula is C15H31O2. The predicted octanol–water partition coefficient (Wildman–Crippen LogP) is 3.85. The molecule has 0 spiro atoms. The quantitative estimate of drug-likeness (QED) is 0.482. The number of hydrogen-bond acceptors (Lipinski definition) is 2. The summed E-state index contributed by atoms with van der Waals surface area (Å²) in [5.41, 5.74) is 0. The third-order valence-electron chi connectivity index (χ3n) is 3.16. The van der Waals surface area contributed by atoms with Gasteiger partial charge in [0.1, 0.15) is 0 Å². The van der Waals surface area contributed by atoms with Crippen LogP contribution in [0.1, 0.15) is 77.6 Å². The molecule has 1 atom stereocenters. The maximum absolute atomic E-state index is 9.12. The van der Waals surface area contributed by atoms with Crippen LogP contribution < -0.4 is 0 Å². The Morgan fingerprint density at radius 2 is 1.41 bits per heavy atom. The Morgan fingerprint density at radius 3 is 1.94 bits per heavy atom. The van der Waals surface area contributed by atoms with Crippen molar-refractivity contribution in [3.8, 4) is 0 Å². The molecule has 1 unspecified atom stereocenters.